The zero-order valence-electron chi connectivity index (χ0n) is 14.0. The van der Waals surface area contributed by atoms with Gasteiger partial charge in [-0.1, -0.05) is 15.9 Å². The van der Waals surface area contributed by atoms with Crippen molar-refractivity contribution in [3.05, 3.63) is 57.2 Å². The van der Waals surface area contributed by atoms with Crippen molar-refractivity contribution in [2.24, 2.45) is 7.05 Å². The van der Waals surface area contributed by atoms with Crippen LogP contribution in [-0.4, -0.2) is 25.9 Å². The number of nitrogens with one attached hydrogen (secondary N) is 2. The molecule has 2 aromatic heterocycles. The van der Waals surface area contributed by atoms with E-state index in [9.17, 15) is 9.18 Å². The van der Waals surface area contributed by atoms with E-state index >= 15 is 0 Å². The number of nitrogens with zero attached hydrogens (tertiary/aromatic N) is 3. The first-order chi connectivity index (χ1) is 11.9. The Hall–Kier alpha value is -2.48. The number of benzene rings is 1. The first kappa shape index (κ1) is 17.3. The number of halogens is 2. The van der Waals surface area contributed by atoms with Crippen LogP contribution in [0.4, 0.5) is 4.39 Å². The molecule has 0 spiro atoms. The second-order valence-electron chi connectivity index (χ2n) is 5.75. The molecule has 1 amide bonds. The number of carbonyl (C=O) groups is 1. The lowest BCUT2D eigenvalue weighted by Crippen LogP contribution is -2.23. The quantitative estimate of drug-likeness (QED) is 0.699. The maximum Gasteiger partial charge on any atom is 0.269 e. The average molecular weight is 406 g/mol. The number of H-pyrrole nitrogens is 1. The molecular weight excluding hydrogens is 389 g/mol. The number of hydrogen-bond donors (Lipinski definition) is 2. The van der Waals surface area contributed by atoms with Gasteiger partial charge in [0.15, 0.2) is 0 Å². The van der Waals surface area contributed by atoms with Gasteiger partial charge in [-0.05, 0) is 38.1 Å². The number of amides is 1. The zero-order valence-corrected chi connectivity index (χ0v) is 15.6. The summed E-state index contributed by atoms with van der Waals surface area (Å²) in [7, 11) is 1.86. The molecule has 0 saturated carbocycles. The van der Waals surface area contributed by atoms with E-state index in [1.165, 1.54) is 6.07 Å². The summed E-state index contributed by atoms with van der Waals surface area (Å²) < 4.78 is 16.3. The van der Waals surface area contributed by atoms with Crippen molar-refractivity contribution < 1.29 is 9.18 Å². The highest BCUT2D eigenvalue weighted by molar-refractivity contribution is 9.10. The molecule has 0 atom stereocenters. The number of aromatic amines is 1. The van der Waals surface area contributed by atoms with Gasteiger partial charge in [-0.2, -0.15) is 10.2 Å². The topological polar surface area (TPSA) is 75.6 Å². The lowest BCUT2D eigenvalue weighted by molar-refractivity contribution is 0.0945. The molecule has 2 heterocycles. The first-order valence-electron chi connectivity index (χ1n) is 7.65. The molecule has 6 nitrogen and oxygen atoms in total. The van der Waals surface area contributed by atoms with Gasteiger partial charge in [0, 0.05) is 34.9 Å². The summed E-state index contributed by atoms with van der Waals surface area (Å²) >= 11 is 3.29. The fourth-order valence-electron chi connectivity index (χ4n) is 2.66. The highest BCUT2D eigenvalue weighted by Gasteiger charge is 2.17. The van der Waals surface area contributed by atoms with E-state index in [-0.39, 0.29) is 18.3 Å². The summed E-state index contributed by atoms with van der Waals surface area (Å²) in [6, 6.07) is 6.27. The summed E-state index contributed by atoms with van der Waals surface area (Å²) in [5.74, 6) is -0.715. The van der Waals surface area contributed by atoms with Crippen molar-refractivity contribution in [2.75, 3.05) is 0 Å². The molecule has 0 fully saturated rings. The summed E-state index contributed by atoms with van der Waals surface area (Å²) in [5, 5.41) is 14.0. The predicted octanol–water partition coefficient (Wildman–Crippen LogP) is 3.26. The van der Waals surface area contributed by atoms with Gasteiger partial charge in [-0.3, -0.25) is 14.6 Å². The van der Waals surface area contributed by atoms with Crippen LogP contribution in [0.5, 0.6) is 0 Å². The Labute approximate surface area is 152 Å². The van der Waals surface area contributed by atoms with Crippen molar-refractivity contribution in [3.63, 3.8) is 0 Å². The molecule has 0 aliphatic rings. The van der Waals surface area contributed by atoms with Gasteiger partial charge in [-0.25, -0.2) is 4.39 Å². The largest absolute Gasteiger partial charge is 0.347 e. The van der Waals surface area contributed by atoms with Crippen LogP contribution in [0.1, 0.15) is 27.4 Å². The van der Waals surface area contributed by atoms with E-state index in [1.807, 2.05) is 20.9 Å². The lowest BCUT2D eigenvalue weighted by atomic mass is 10.1. The van der Waals surface area contributed by atoms with E-state index in [2.05, 4.69) is 36.5 Å². The maximum atomic E-state index is 13.7. The number of aryl methyl sites for hydroxylation is 2. The maximum absolute atomic E-state index is 13.7. The van der Waals surface area contributed by atoms with Crippen molar-refractivity contribution in [1.82, 2.24) is 25.3 Å². The van der Waals surface area contributed by atoms with Gasteiger partial charge in [0.05, 0.1) is 11.4 Å². The first-order valence-corrected chi connectivity index (χ1v) is 8.44. The number of rotatable bonds is 4. The highest BCUT2D eigenvalue weighted by atomic mass is 79.9. The third-order valence-corrected chi connectivity index (χ3v) is 4.53. The van der Waals surface area contributed by atoms with Crippen LogP contribution in [0.15, 0.2) is 28.7 Å². The SMILES string of the molecule is Cc1nn(C)c(C)c1-c1cc(C(=O)NCc2cc(Br)ccc2F)[nH]n1. The monoisotopic (exact) mass is 405 g/mol. The lowest BCUT2D eigenvalue weighted by Gasteiger charge is -2.05. The van der Waals surface area contributed by atoms with Gasteiger partial charge in [-0.15, -0.1) is 0 Å². The van der Waals surface area contributed by atoms with Gasteiger partial charge < -0.3 is 5.32 Å². The number of carbonyl (C=O) groups excluding carboxylic acids is 1. The smallest absolute Gasteiger partial charge is 0.269 e. The summed E-state index contributed by atoms with van der Waals surface area (Å²) in [5.41, 5.74) is 4.08. The molecule has 0 radical (unpaired) electrons. The van der Waals surface area contributed by atoms with Gasteiger partial charge in [0.2, 0.25) is 0 Å². The number of aromatic nitrogens is 4. The Kier molecular flexibility index (Phi) is 4.71. The van der Waals surface area contributed by atoms with E-state index in [1.54, 1.807) is 22.9 Å². The molecule has 2 N–H and O–H groups in total. The third kappa shape index (κ3) is 3.48. The molecule has 25 heavy (non-hydrogen) atoms. The Morgan fingerprint density at radius 2 is 2.12 bits per heavy atom. The van der Waals surface area contributed by atoms with E-state index in [0.717, 1.165) is 21.4 Å². The Morgan fingerprint density at radius 3 is 2.80 bits per heavy atom. The Morgan fingerprint density at radius 1 is 1.36 bits per heavy atom. The molecular formula is C17H17BrFN5O. The molecule has 0 bridgehead atoms. The molecule has 0 unspecified atom stereocenters. The van der Waals surface area contributed by atoms with Crippen molar-refractivity contribution in [1.29, 1.82) is 0 Å². The highest BCUT2D eigenvalue weighted by Crippen LogP contribution is 2.25. The minimum Gasteiger partial charge on any atom is -0.347 e. The van der Waals surface area contributed by atoms with Gasteiger partial charge >= 0.3 is 0 Å². The van der Waals surface area contributed by atoms with E-state index in [4.69, 9.17) is 0 Å². The predicted molar refractivity (Wildman–Crippen MR) is 95.5 cm³/mol. The molecule has 0 aliphatic heterocycles. The van der Waals surface area contributed by atoms with Crippen LogP contribution < -0.4 is 5.32 Å². The van der Waals surface area contributed by atoms with Crippen LogP contribution in [0, 0.1) is 19.7 Å². The van der Waals surface area contributed by atoms with Crippen molar-refractivity contribution in [3.8, 4) is 11.3 Å². The fourth-order valence-corrected chi connectivity index (χ4v) is 3.07. The summed E-state index contributed by atoms with van der Waals surface area (Å²) in [6.45, 7) is 3.93. The van der Waals surface area contributed by atoms with Crippen molar-refractivity contribution in [2.45, 2.75) is 20.4 Å². The van der Waals surface area contributed by atoms with Crippen LogP contribution in [-0.2, 0) is 13.6 Å². The zero-order chi connectivity index (χ0) is 18.1. The van der Waals surface area contributed by atoms with Crippen molar-refractivity contribution >= 4 is 21.8 Å². The van der Waals surface area contributed by atoms with Crippen LogP contribution in [0.3, 0.4) is 0 Å². The van der Waals surface area contributed by atoms with E-state index < -0.39 is 0 Å². The Bertz CT molecular complexity index is 947. The van der Waals surface area contributed by atoms with Crippen LogP contribution in [0.2, 0.25) is 0 Å². The fraction of sp³-hybridized carbons (Fsp3) is 0.235. The third-order valence-electron chi connectivity index (χ3n) is 4.03. The summed E-state index contributed by atoms with van der Waals surface area (Å²) in [6.07, 6.45) is 0. The molecule has 8 heteroatoms. The number of hydrogen-bond acceptors (Lipinski definition) is 3. The minimum absolute atomic E-state index is 0.0867. The molecule has 3 aromatic rings. The average Bonchev–Trinajstić information content (AvgIpc) is 3.13. The van der Waals surface area contributed by atoms with Crippen LogP contribution in [0.25, 0.3) is 11.3 Å². The second kappa shape index (κ2) is 6.79. The minimum atomic E-state index is -0.365. The molecule has 0 aliphatic carbocycles. The summed E-state index contributed by atoms with van der Waals surface area (Å²) in [4.78, 5) is 12.3. The second-order valence-corrected chi connectivity index (χ2v) is 6.67. The molecule has 0 saturated heterocycles. The van der Waals surface area contributed by atoms with E-state index in [0.29, 0.717) is 17.0 Å². The van der Waals surface area contributed by atoms with Crippen LogP contribution >= 0.6 is 15.9 Å². The molecule has 1 aromatic carbocycles. The van der Waals surface area contributed by atoms with Gasteiger partial charge in [0.25, 0.3) is 5.91 Å². The standard InChI is InChI=1S/C17H17BrFN5O/c1-9-16(10(2)24(3)23-9)14-7-15(22-21-14)17(25)20-8-11-6-12(18)4-5-13(11)19/h4-7H,8H2,1-3H3,(H,20,25)(H,21,22). The normalized spacial score (nSPS) is 10.9. The Balaban J connectivity index is 1.76. The molecule has 130 valence electrons. The van der Waals surface area contributed by atoms with Gasteiger partial charge in [0.1, 0.15) is 11.5 Å². The molecule has 3 rings (SSSR count).